The maximum Gasteiger partial charge on any atom is 0.219 e. The fourth-order valence-corrected chi connectivity index (χ4v) is 2.72. The Morgan fingerprint density at radius 1 is 1.21 bits per heavy atom. The van der Waals surface area contributed by atoms with Crippen LogP contribution in [-0.4, -0.2) is 56.0 Å². The number of aliphatic hydroxyl groups excluding tert-OH is 1. The van der Waals surface area contributed by atoms with Gasteiger partial charge in [0.15, 0.2) is 5.82 Å². The molecular formula is C15H17N7O2. The van der Waals surface area contributed by atoms with E-state index in [1.165, 1.54) is 0 Å². The first-order valence-electron chi connectivity index (χ1n) is 7.65. The molecule has 0 unspecified atom stereocenters. The second-order valence-electron chi connectivity index (χ2n) is 5.50. The second kappa shape index (κ2) is 6.02. The highest BCUT2D eigenvalue weighted by atomic mass is 16.5. The van der Waals surface area contributed by atoms with Crippen LogP contribution in [0.25, 0.3) is 16.8 Å². The van der Waals surface area contributed by atoms with Crippen molar-refractivity contribution in [2.75, 3.05) is 36.9 Å². The lowest BCUT2D eigenvalue weighted by Crippen LogP contribution is -2.37. The highest BCUT2D eigenvalue weighted by molar-refractivity contribution is 5.73. The summed E-state index contributed by atoms with van der Waals surface area (Å²) in [5, 5.41) is 13.8. The van der Waals surface area contributed by atoms with E-state index in [2.05, 4.69) is 20.0 Å². The molecule has 4 heterocycles. The second-order valence-corrected chi connectivity index (χ2v) is 5.50. The number of nitrogen functional groups attached to an aromatic ring is 1. The van der Waals surface area contributed by atoms with E-state index in [1.807, 2.05) is 6.07 Å². The van der Waals surface area contributed by atoms with Gasteiger partial charge in [0, 0.05) is 31.0 Å². The van der Waals surface area contributed by atoms with Gasteiger partial charge in [0.1, 0.15) is 5.52 Å². The van der Waals surface area contributed by atoms with Crippen molar-refractivity contribution >= 4 is 17.3 Å². The van der Waals surface area contributed by atoms with Gasteiger partial charge in [0.2, 0.25) is 5.95 Å². The first kappa shape index (κ1) is 14.8. The number of hydrogen-bond donors (Lipinski definition) is 2. The number of nitrogens with zero attached hydrogens (tertiary/aromatic N) is 6. The molecule has 3 aromatic rings. The van der Waals surface area contributed by atoms with Gasteiger partial charge in [-0.1, -0.05) is 0 Å². The molecule has 0 atom stereocenters. The van der Waals surface area contributed by atoms with E-state index in [9.17, 15) is 5.11 Å². The summed E-state index contributed by atoms with van der Waals surface area (Å²) in [5.41, 5.74) is 8.44. The van der Waals surface area contributed by atoms with Crippen molar-refractivity contribution in [1.82, 2.24) is 24.6 Å². The Kier molecular flexibility index (Phi) is 3.71. The minimum absolute atomic E-state index is 0.120. The Morgan fingerprint density at radius 2 is 1.96 bits per heavy atom. The molecule has 1 aliphatic rings. The summed E-state index contributed by atoms with van der Waals surface area (Å²) in [4.78, 5) is 15.0. The average Bonchev–Trinajstić information content (AvgIpc) is 3.05. The number of aromatic nitrogens is 5. The first-order chi connectivity index (χ1) is 11.7. The van der Waals surface area contributed by atoms with E-state index >= 15 is 0 Å². The predicted octanol–water partition coefficient (Wildman–Crippen LogP) is 0.0974. The third-order valence-corrected chi connectivity index (χ3v) is 3.93. The molecule has 3 N–H and O–H groups in total. The molecule has 0 amide bonds. The molecule has 1 aliphatic heterocycles. The Labute approximate surface area is 137 Å². The number of morpholine rings is 1. The maximum atomic E-state index is 9.39. The van der Waals surface area contributed by atoms with Crippen molar-refractivity contribution in [2.45, 2.75) is 6.61 Å². The van der Waals surface area contributed by atoms with Gasteiger partial charge >= 0.3 is 0 Å². The van der Waals surface area contributed by atoms with Gasteiger partial charge in [-0.25, -0.2) is 19.5 Å². The molecule has 0 bridgehead atoms. The lowest BCUT2D eigenvalue weighted by molar-refractivity contribution is 0.122. The molecule has 124 valence electrons. The molecule has 3 aromatic heterocycles. The maximum absolute atomic E-state index is 9.39. The zero-order valence-corrected chi connectivity index (χ0v) is 13.0. The molecule has 0 spiro atoms. The number of anilines is 2. The molecular weight excluding hydrogens is 310 g/mol. The molecule has 0 saturated carbocycles. The quantitative estimate of drug-likeness (QED) is 0.696. The monoisotopic (exact) mass is 327 g/mol. The molecule has 0 aromatic carbocycles. The molecule has 0 aliphatic carbocycles. The minimum Gasteiger partial charge on any atom is -0.390 e. The summed E-state index contributed by atoms with van der Waals surface area (Å²) in [6.45, 7) is 2.70. The van der Waals surface area contributed by atoms with Crippen molar-refractivity contribution in [3.63, 3.8) is 0 Å². The minimum atomic E-state index is -0.120. The number of fused-ring (bicyclic) bond motifs is 1. The number of hydrogen-bond acceptors (Lipinski definition) is 8. The Hall–Kier alpha value is -2.78. The molecule has 1 fully saturated rings. The van der Waals surface area contributed by atoms with Crippen LogP contribution < -0.4 is 10.6 Å². The molecule has 9 heteroatoms. The molecule has 24 heavy (non-hydrogen) atoms. The lowest BCUT2D eigenvalue weighted by Gasteiger charge is -2.28. The Balaban J connectivity index is 1.87. The smallest absolute Gasteiger partial charge is 0.219 e. The molecule has 0 radical (unpaired) electrons. The van der Waals surface area contributed by atoms with Crippen LogP contribution in [0.5, 0.6) is 0 Å². The summed E-state index contributed by atoms with van der Waals surface area (Å²) in [6, 6.07) is 1.85. The van der Waals surface area contributed by atoms with Crippen LogP contribution in [0.15, 0.2) is 24.7 Å². The fourth-order valence-electron chi connectivity index (χ4n) is 2.72. The highest BCUT2D eigenvalue weighted by Crippen LogP contribution is 2.26. The molecule has 4 rings (SSSR count). The van der Waals surface area contributed by atoms with Gasteiger partial charge < -0.3 is 20.5 Å². The predicted molar refractivity (Wildman–Crippen MR) is 87.4 cm³/mol. The Morgan fingerprint density at radius 3 is 2.67 bits per heavy atom. The van der Waals surface area contributed by atoms with Crippen LogP contribution in [0.1, 0.15) is 5.69 Å². The van der Waals surface area contributed by atoms with Crippen molar-refractivity contribution in [1.29, 1.82) is 0 Å². The van der Waals surface area contributed by atoms with E-state index < -0.39 is 0 Å². The van der Waals surface area contributed by atoms with Crippen molar-refractivity contribution in [2.24, 2.45) is 0 Å². The van der Waals surface area contributed by atoms with Crippen molar-refractivity contribution < 1.29 is 9.84 Å². The van der Waals surface area contributed by atoms with Crippen LogP contribution in [-0.2, 0) is 11.3 Å². The van der Waals surface area contributed by atoms with Crippen molar-refractivity contribution in [3.8, 4) is 11.3 Å². The lowest BCUT2D eigenvalue weighted by atomic mass is 10.2. The molecule has 9 nitrogen and oxygen atoms in total. The van der Waals surface area contributed by atoms with Gasteiger partial charge in [-0.2, -0.15) is 5.10 Å². The number of rotatable bonds is 3. The standard InChI is InChI=1S/C15H17N7O2/c16-15-17-6-10(7-18-15)12-8-22-13(5-11(9-23)20-22)14(19-12)21-1-3-24-4-2-21/h5-8,23H,1-4,9H2,(H2,16,17,18). The Bertz CT molecular complexity index is 856. The van der Waals surface area contributed by atoms with Crippen LogP contribution in [0, 0.1) is 0 Å². The summed E-state index contributed by atoms with van der Waals surface area (Å²) < 4.78 is 7.15. The summed E-state index contributed by atoms with van der Waals surface area (Å²) >= 11 is 0. The van der Waals surface area contributed by atoms with E-state index in [0.29, 0.717) is 24.6 Å². The third-order valence-electron chi connectivity index (χ3n) is 3.93. The van der Waals surface area contributed by atoms with E-state index in [0.717, 1.165) is 30.0 Å². The average molecular weight is 327 g/mol. The first-order valence-corrected chi connectivity index (χ1v) is 7.65. The molecule has 1 saturated heterocycles. The number of aliphatic hydroxyl groups is 1. The van der Waals surface area contributed by atoms with Crippen LogP contribution in [0.4, 0.5) is 11.8 Å². The fraction of sp³-hybridized carbons (Fsp3) is 0.333. The van der Waals surface area contributed by atoms with E-state index in [1.54, 1.807) is 23.1 Å². The van der Waals surface area contributed by atoms with Gasteiger partial charge in [-0.15, -0.1) is 0 Å². The summed E-state index contributed by atoms with van der Waals surface area (Å²) in [5.74, 6) is 1.02. The van der Waals surface area contributed by atoms with Gasteiger partial charge in [0.25, 0.3) is 0 Å². The van der Waals surface area contributed by atoms with Gasteiger partial charge in [-0.3, -0.25) is 0 Å². The largest absolute Gasteiger partial charge is 0.390 e. The number of nitrogens with two attached hydrogens (primary N) is 1. The highest BCUT2D eigenvalue weighted by Gasteiger charge is 2.19. The van der Waals surface area contributed by atoms with Gasteiger partial charge in [-0.05, 0) is 6.07 Å². The van der Waals surface area contributed by atoms with Crippen LogP contribution >= 0.6 is 0 Å². The van der Waals surface area contributed by atoms with Crippen LogP contribution in [0.3, 0.4) is 0 Å². The third kappa shape index (κ3) is 2.63. The SMILES string of the molecule is Nc1ncc(-c2cn3nc(CO)cc3c(N3CCOCC3)n2)cn1. The van der Waals surface area contributed by atoms with E-state index in [4.69, 9.17) is 15.5 Å². The zero-order valence-electron chi connectivity index (χ0n) is 13.0. The van der Waals surface area contributed by atoms with Gasteiger partial charge in [0.05, 0.1) is 37.4 Å². The topological polar surface area (TPSA) is 115 Å². The van der Waals surface area contributed by atoms with Crippen LogP contribution in [0.2, 0.25) is 0 Å². The summed E-state index contributed by atoms with van der Waals surface area (Å²) in [6.07, 6.45) is 5.07. The number of ether oxygens (including phenoxy) is 1. The van der Waals surface area contributed by atoms with Crippen molar-refractivity contribution in [3.05, 3.63) is 30.4 Å². The van der Waals surface area contributed by atoms with E-state index in [-0.39, 0.29) is 12.6 Å². The normalized spacial score (nSPS) is 15.1. The summed E-state index contributed by atoms with van der Waals surface area (Å²) in [7, 11) is 0. The zero-order chi connectivity index (χ0) is 16.5.